The summed E-state index contributed by atoms with van der Waals surface area (Å²) in [4.78, 5) is 28.3. The average molecular weight is 344 g/mol. The topological polar surface area (TPSA) is 78.7 Å². The van der Waals surface area contributed by atoms with Gasteiger partial charge in [-0.05, 0) is 50.8 Å². The van der Waals surface area contributed by atoms with Gasteiger partial charge in [0.1, 0.15) is 5.69 Å². The number of carbonyl (C=O) groups excluding carboxylic acids is 1. The number of hydrogen-bond donors (Lipinski definition) is 1. The molecule has 3 heterocycles. The lowest BCUT2D eigenvalue weighted by atomic mass is 10.1. The molecule has 0 aromatic heterocycles. The van der Waals surface area contributed by atoms with E-state index >= 15 is 0 Å². The SMILES string of the molecule is O=C(c1ccc(N2CCCC2)c([N+](=O)[O-])c1)N1C2CCNCC1CC2. The fourth-order valence-electron chi connectivity index (χ4n) is 4.49. The monoisotopic (exact) mass is 344 g/mol. The number of nitro groups is 1. The summed E-state index contributed by atoms with van der Waals surface area (Å²) < 4.78 is 0. The number of nitrogens with zero attached hydrogens (tertiary/aromatic N) is 3. The summed E-state index contributed by atoms with van der Waals surface area (Å²) in [7, 11) is 0. The number of benzene rings is 1. The molecule has 0 saturated carbocycles. The van der Waals surface area contributed by atoms with Gasteiger partial charge in [0.25, 0.3) is 11.6 Å². The van der Waals surface area contributed by atoms with Gasteiger partial charge in [-0.1, -0.05) is 0 Å². The molecule has 4 rings (SSSR count). The molecule has 3 saturated heterocycles. The Kier molecular flexibility index (Phi) is 4.33. The molecular formula is C18H24N4O3. The largest absolute Gasteiger partial charge is 0.366 e. The molecule has 0 radical (unpaired) electrons. The Bertz CT molecular complexity index is 673. The molecule has 3 aliphatic rings. The van der Waals surface area contributed by atoms with Gasteiger partial charge in [-0.2, -0.15) is 0 Å². The van der Waals surface area contributed by atoms with Crippen LogP contribution in [0.5, 0.6) is 0 Å². The molecule has 1 aromatic rings. The Labute approximate surface area is 147 Å². The van der Waals surface area contributed by atoms with E-state index in [1.165, 1.54) is 6.07 Å². The normalized spacial score (nSPS) is 25.9. The highest BCUT2D eigenvalue weighted by molar-refractivity contribution is 5.96. The Hall–Kier alpha value is -2.15. The third-order valence-corrected chi connectivity index (χ3v) is 5.75. The molecule has 3 fully saturated rings. The molecule has 0 spiro atoms. The minimum absolute atomic E-state index is 0.0491. The molecule has 1 N–H and O–H groups in total. The van der Waals surface area contributed by atoms with Gasteiger partial charge in [0.2, 0.25) is 0 Å². The molecule has 1 aromatic carbocycles. The third kappa shape index (κ3) is 2.97. The van der Waals surface area contributed by atoms with Crippen LogP contribution in [0.15, 0.2) is 18.2 Å². The lowest BCUT2D eigenvalue weighted by Gasteiger charge is -2.28. The van der Waals surface area contributed by atoms with Gasteiger partial charge in [-0.25, -0.2) is 0 Å². The minimum atomic E-state index is -0.358. The van der Waals surface area contributed by atoms with Crippen LogP contribution in [0.25, 0.3) is 0 Å². The van der Waals surface area contributed by atoms with E-state index in [0.29, 0.717) is 11.3 Å². The summed E-state index contributed by atoms with van der Waals surface area (Å²) in [6.07, 6.45) is 5.11. The molecule has 134 valence electrons. The highest BCUT2D eigenvalue weighted by Crippen LogP contribution is 2.34. The highest BCUT2D eigenvalue weighted by atomic mass is 16.6. The summed E-state index contributed by atoms with van der Waals surface area (Å²) in [5.74, 6) is -0.0627. The number of amides is 1. The lowest BCUT2D eigenvalue weighted by molar-refractivity contribution is -0.384. The van der Waals surface area contributed by atoms with E-state index in [2.05, 4.69) is 5.32 Å². The summed E-state index contributed by atoms with van der Waals surface area (Å²) in [6.45, 7) is 3.43. The van der Waals surface area contributed by atoms with Gasteiger partial charge in [-0.15, -0.1) is 0 Å². The molecule has 2 unspecified atom stereocenters. The van der Waals surface area contributed by atoms with Crippen molar-refractivity contribution in [2.24, 2.45) is 0 Å². The van der Waals surface area contributed by atoms with Gasteiger partial charge in [-0.3, -0.25) is 14.9 Å². The maximum absolute atomic E-state index is 13.1. The molecule has 25 heavy (non-hydrogen) atoms. The first kappa shape index (κ1) is 16.3. The number of anilines is 1. The van der Waals surface area contributed by atoms with Gasteiger partial charge in [0.05, 0.1) is 4.92 Å². The molecule has 7 heteroatoms. The number of nitro benzene ring substituents is 1. The standard InChI is InChI=1S/C18H24N4O3/c23-18(21-14-4-5-15(21)12-19-8-7-14)13-3-6-16(17(11-13)22(24)25)20-9-1-2-10-20/h3,6,11,14-15,19H,1-2,4-5,7-10,12H2. The van der Waals surface area contributed by atoms with Gasteiger partial charge in [0.15, 0.2) is 0 Å². The van der Waals surface area contributed by atoms with E-state index in [9.17, 15) is 14.9 Å². The average Bonchev–Trinajstić information content (AvgIpc) is 3.21. The number of carbonyl (C=O) groups is 1. The summed E-state index contributed by atoms with van der Waals surface area (Å²) in [5.41, 5.74) is 1.13. The van der Waals surface area contributed by atoms with Crippen molar-refractivity contribution in [3.05, 3.63) is 33.9 Å². The van der Waals surface area contributed by atoms with Gasteiger partial charge >= 0.3 is 0 Å². The predicted molar refractivity (Wildman–Crippen MR) is 95.0 cm³/mol. The molecule has 3 aliphatic heterocycles. The first-order valence-corrected chi connectivity index (χ1v) is 9.22. The van der Waals surface area contributed by atoms with E-state index in [1.54, 1.807) is 12.1 Å². The van der Waals surface area contributed by atoms with E-state index < -0.39 is 0 Å². The Morgan fingerprint density at radius 1 is 1.16 bits per heavy atom. The van der Waals surface area contributed by atoms with Crippen molar-refractivity contribution in [3.63, 3.8) is 0 Å². The predicted octanol–water partition coefficient (Wildman–Crippen LogP) is 2.16. The van der Waals surface area contributed by atoms with Crippen LogP contribution >= 0.6 is 0 Å². The van der Waals surface area contributed by atoms with E-state index in [-0.39, 0.29) is 28.6 Å². The second kappa shape index (κ2) is 6.63. The summed E-state index contributed by atoms with van der Waals surface area (Å²) >= 11 is 0. The molecule has 1 amide bonds. The quantitative estimate of drug-likeness (QED) is 0.671. The molecule has 2 bridgehead atoms. The second-order valence-electron chi connectivity index (χ2n) is 7.24. The molecule has 7 nitrogen and oxygen atoms in total. The van der Waals surface area contributed by atoms with Gasteiger partial charge < -0.3 is 15.1 Å². The zero-order valence-corrected chi connectivity index (χ0v) is 14.3. The first-order chi connectivity index (χ1) is 12.1. The maximum atomic E-state index is 13.1. The van der Waals surface area contributed by atoms with Crippen LogP contribution < -0.4 is 10.2 Å². The number of rotatable bonds is 3. The molecular weight excluding hydrogens is 320 g/mol. The van der Waals surface area contributed by atoms with Crippen molar-refractivity contribution < 1.29 is 9.72 Å². The van der Waals surface area contributed by atoms with Crippen LogP contribution in [0.4, 0.5) is 11.4 Å². The number of nitrogens with one attached hydrogen (secondary N) is 1. The van der Waals surface area contributed by atoms with E-state index in [1.807, 2.05) is 9.80 Å². The van der Waals surface area contributed by atoms with E-state index in [0.717, 1.165) is 58.3 Å². The Balaban J connectivity index is 1.64. The lowest BCUT2D eigenvalue weighted by Crippen LogP contribution is -2.42. The zero-order valence-electron chi connectivity index (χ0n) is 14.3. The fraction of sp³-hybridized carbons (Fsp3) is 0.611. The van der Waals surface area contributed by atoms with Crippen LogP contribution in [0.1, 0.15) is 42.5 Å². The number of hydrogen-bond acceptors (Lipinski definition) is 5. The Morgan fingerprint density at radius 3 is 2.68 bits per heavy atom. The van der Waals surface area contributed by atoms with Crippen molar-refractivity contribution in [2.45, 2.75) is 44.2 Å². The molecule has 2 atom stereocenters. The van der Waals surface area contributed by atoms with Crippen LogP contribution in [0.3, 0.4) is 0 Å². The number of fused-ring (bicyclic) bond motifs is 2. The van der Waals surface area contributed by atoms with Crippen molar-refractivity contribution in [1.29, 1.82) is 0 Å². The van der Waals surface area contributed by atoms with Crippen LogP contribution in [0, 0.1) is 10.1 Å². The Morgan fingerprint density at radius 2 is 1.92 bits per heavy atom. The van der Waals surface area contributed by atoms with Crippen LogP contribution in [0.2, 0.25) is 0 Å². The van der Waals surface area contributed by atoms with Crippen LogP contribution in [-0.2, 0) is 0 Å². The van der Waals surface area contributed by atoms with Crippen molar-refractivity contribution in [3.8, 4) is 0 Å². The summed E-state index contributed by atoms with van der Waals surface area (Å²) in [6, 6.07) is 5.46. The molecule has 0 aliphatic carbocycles. The summed E-state index contributed by atoms with van der Waals surface area (Å²) in [5, 5.41) is 15.0. The van der Waals surface area contributed by atoms with Crippen molar-refractivity contribution >= 4 is 17.3 Å². The van der Waals surface area contributed by atoms with Gasteiger partial charge in [0, 0.05) is 43.3 Å². The fourth-order valence-corrected chi connectivity index (χ4v) is 4.49. The second-order valence-corrected chi connectivity index (χ2v) is 7.24. The third-order valence-electron chi connectivity index (χ3n) is 5.75. The van der Waals surface area contributed by atoms with Crippen LogP contribution in [-0.4, -0.2) is 54.0 Å². The smallest absolute Gasteiger partial charge is 0.293 e. The van der Waals surface area contributed by atoms with E-state index in [4.69, 9.17) is 0 Å². The maximum Gasteiger partial charge on any atom is 0.293 e. The zero-order chi connectivity index (χ0) is 17.4. The first-order valence-electron chi connectivity index (χ1n) is 9.22. The van der Waals surface area contributed by atoms with Crippen molar-refractivity contribution in [2.75, 3.05) is 31.1 Å². The van der Waals surface area contributed by atoms with Crippen molar-refractivity contribution in [1.82, 2.24) is 10.2 Å². The minimum Gasteiger partial charge on any atom is -0.366 e. The highest BCUT2D eigenvalue weighted by Gasteiger charge is 2.38.